The maximum absolute atomic E-state index is 12.2. The predicted molar refractivity (Wildman–Crippen MR) is 90.2 cm³/mol. The molecule has 11 heteroatoms. The fourth-order valence-electron chi connectivity index (χ4n) is 2.55. The van der Waals surface area contributed by atoms with Crippen LogP contribution in [0.25, 0.3) is 11.5 Å². The molecule has 0 bridgehead atoms. The number of nitrogens with zero attached hydrogens (tertiary/aromatic N) is 3. The Hall–Kier alpha value is -2.33. The van der Waals surface area contributed by atoms with E-state index in [1.54, 1.807) is 31.2 Å². The Balaban J connectivity index is 1.47. The molecule has 1 N–H and O–H groups in total. The van der Waals surface area contributed by atoms with Crippen LogP contribution >= 0.6 is 11.6 Å². The van der Waals surface area contributed by atoms with Crippen molar-refractivity contribution in [1.29, 1.82) is 0 Å². The van der Waals surface area contributed by atoms with Gasteiger partial charge in [-0.3, -0.25) is 4.79 Å². The van der Waals surface area contributed by atoms with E-state index >= 15 is 0 Å². The van der Waals surface area contributed by atoms with Gasteiger partial charge in [0.05, 0.1) is 18.7 Å². The van der Waals surface area contributed by atoms with E-state index in [1.807, 2.05) is 0 Å². The van der Waals surface area contributed by atoms with Gasteiger partial charge in [-0.1, -0.05) is 16.7 Å². The summed E-state index contributed by atoms with van der Waals surface area (Å²) in [4.78, 5) is 13.6. The Labute approximate surface area is 157 Å². The molecule has 3 rings (SSSR count). The fourth-order valence-corrected chi connectivity index (χ4v) is 2.68. The first-order chi connectivity index (χ1) is 12.7. The lowest BCUT2D eigenvalue weighted by atomic mass is 10.0. The second kappa shape index (κ2) is 7.73. The molecule has 0 radical (unpaired) electrons. The summed E-state index contributed by atoms with van der Waals surface area (Å²) in [6.45, 7) is 0.293. The zero-order chi connectivity index (χ0) is 19.6. The summed E-state index contributed by atoms with van der Waals surface area (Å²) in [6.07, 6.45) is -5.01. The molecule has 1 aromatic heterocycles. The molecule has 146 valence electrons. The number of likely N-dealkylation sites (tertiary alicyclic amines) is 1. The highest BCUT2D eigenvalue weighted by molar-refractivity contribution is 6.30. The minimum atomic E-state index is -4.38. The second-order valence-corrected chi connectivity index (χ2v) is 6.46. The van der Waals surface area contributed by atoms with Crippen LogP contribution < -0.4 is 5.32 Å². The maximum Gasteiger partial charge on any atom is 0.411 e. The summed E-state index contributed by atoms with van der Waals surface area (Å²) in [5.74, 6) is -0.0415. The highest BCUT2D eigenvalue weighted by Crippen LogP contribution is 2.25. The van der Waals surface area contributed by atoms with Gasteiger partial charge in [0.2, 0.25) is 11.8 Å². The Kier molecular flexibility index (Phi) is 5.56. The van der Waals surface area contributed by atoms with Crippen molar-refractivity contribution >= 4 is 23.5 Å². The van der Waals surface area contributed by atoms with Gasteiger partial charge in [0.1, 0.15) is 6.61 Å². The van der Waals surface area contributed by atoms with Crippen LogP contribution in [0.15, 0.2) is 28.7 Å². The van der Waals surface area contributed by atoms with E-state index in [0.29, 0.717) is 10.6 Å². The lowest BCUT2D eigenvalue weighted by Crippen LogP contribution is -2.63. The molecule has 1 aliphatic heterocycles. The summed E-state index contributed by atoms with van der Waals surface area (Å²) in [5.41, 5.74) is 0.673. The van der Waals surface area contributed by atoms with E-state index in [-0.39, 0.29) is 30.9 Å². The van der Waals surface area contributed by atoms with Gasteiger partial charge in [-0.25, -0.2) is 0 Å². The van der Waals surface area contributed by atoms with Crippen molar-refractivity contribution < 1.29 is 27.1 Å². The van der Waals surface area contributed by atoms with Gasteiger partial charge in [0.15, 0.2) is 0 Å². The van der Waals surface area contributed by atoms with Gasteiger partial charge in [-0.05, 0) is 31.2 Å². The number of hydrogen-bond donors (Lipinski definition) is 1. The average Bonchev–Trinajstić information content (AvgIpc) is 3.07. The first kappa shape index (κ1) is 19.4. The standard InChI is InChI=1S/C16H16ClF3N4O3/c1-9-12(26-8-16(18,19)20)7-24(9)13(25)6-21-15-23-22-14(27-15)10-2-4-11(17)5-3-10/h2-5,9,12H,6-8H2,1H3,(H,21,23). The summed E-state index contributed by atoms with van der Waals surface area (Å²) < 4.78 is 46.7. The number of carbonyl (C=O) groups excluding carboxylic acids is 1. The minimum Gasteiger partial charge on any atom is -0.403 e. The smallest absolute Gasteiger partial charge is 0.403 e. The molecule has 1 fully saturated rings. The number of ether oxygens (including phenoxy) is 1. The van der Waals surface area contributed by atoms with Crippen LogP contribution in [-0.4, -0.2) is 59.0 Å². The van der Waals surface area contributed by atoms with Crippen LogP contribution in [0.1, 0.15) is 6.92 Å². The lowest BCUT2D eigenvalue weighted by molar-refractivity contribution is -0.209. The van der Waals surface area contributed by atoms with E-state index in [9.17, 15) is 18.0 Å². The molecular formula is C16H16ClF3N4O3. The molecule has 0 aliphatic carbocycles. The number of rotatable bonds is 6. The molecular weight excluding hydrogens is 389 g/mol. The number of anilines is 1. The number of hydrogen-bond acceptors (Lipinski definition) is 6. The van der Waals surface area contributed by atoms with Crippen molar-refractivity contribution in [2.45, 2.75) is 25.2 Å². The molecule has 1 aliphatic rings. The van der Waals surface area contributed by atoms with Gasteiger partial charge in [-0.15, -0.1) is 5.10 Å². The molecule has 1 aromatic carbocycles. The molecule has 0 spiro atoms. The Morgan fingerprint density at radius 1 is 1.37 bits per heavy atom. The van der Waals surface area contributed by atoms with Crippen molar-refractivity contribution in [2.24, 2.45) is 0 Å². The molecule has 2 aromatic rings. The molecule has 1 saturated heterocycles. The monoisotopic (exact) mass is 404 g/mol. The van der Waals surface area contributed by atoms with Crippen LogP contribution in [0.5, 0.6) is 0 Å². The number of benzene rings is 1. The first-order valence-electron chi connectivity index (χ1n) is 8.04. The van der Waals surface area contributed by atoms with Crippen LogP contribution in [0.2, 0.25) is 5.02 Å². The molecule has 2 atom stereocenters. The van der Waals surface area contributed by atoms with E-state index < -0.39 is 24.9 Å². The SMILES string of the molecule is CC1C(OCC(F)(F)F)CN1C(=O)CNc1nnc(-c2ccc(Cl)cc2)o1. The number of aromatic nitrogens is 2. The number of halogens is 4. The van der Waals surface area contributed by atoms with Crippen LogP contribution in [-0.2, 0) is 9.53 Å². The first-order valence-corrected chi connectivity index (χ1v) is 8.42. The van der Waals surface area contributed by atoms with Gasteiger partial charge >= 0.3 is 12.2 Å². The molecule has 0 saturated carbocycles. The third-order valence-electron chi connectivity index (χ3n) is 4.09. The quantitative estimate of drug-likeness (QED) is 0.797. The number of alkyl halides is 3. The van der Waals surface area contributed by atoms with Crippen molar-refractivity contribution in [1.82, 2.24) is 15.1 Å². The molecule has 1 amide bonds. The van der Waals surface area contributed by atoms with Crippen LogP contribution in [0.4, 0.5) is 19.2 Å². The number of nitrogens with one attached hydrogen (secondary N) is 1. The van der Waals surface area contributed by atoms with Crippen LogP contribution in [0, 0.1) is 0 Å². The maximum atomic E-state index is 12.2. The van der Waals surface area contributed by atoms with E-state index in [0.717, 1.165) is 0 Å². The highest BCUT2D eigenvalue weighted by Gasteiger charge is 2.41. The molecule has 2 unspecified atom stereocenters. The zero-order valence-electron chi connectivity index (χ0n) is 14.2. The minimum absolute atomic E-state index is 0.0614. The highest BCUT2D eigenvalue weighted by atomic mass is 35.5. The normalized spacial score (nSPS) is 19.7. The van der Waals surface area contributed by atoms with Crippen molar-refractivity contribution in [3.05, 3.63) is 29.3 Å². The van der Waals surface area contributed by atoms with Gasteiger partial charge < -0.3 is 19.4 Å². The Morgan fingerprint density at radius 3 is 2.70 bits per heavy atom. The molecule has 27 heavy (non-hydrogen) atoms. The summed E-state index contributed by atoms with van der Waals surface area (Å²) in [7, 11) is 0. The van der Waals surface area contributed by atoms with E-state index in [4.69, 9.17) is 20.8 Å². The average molecular weight is 405 g/mol. The summed E-state index contributed by atoms with van der Waals surface area (Å²) >= 11 is 5.82. The zero-order valence-corrected chi connectivity index (χ0v) is 14.9. The van der Waals surface area contributed by atoms with Gasteiger partial charge in [0.25, 0.3) is 0 Å². The Morgan fingerprint density at radius 2 is 2.07 bits per heavy atom. The lowest BCUT2D eigenvalue weighted by Gasteiger charge is -2.45. The largest absolute Gasteiger partial charge is 0.411 e. The van der Waals surface area contributed by atoms with Crippen molar-refractivity contribution in [3.63, 3.8) is 0 Å². The fraction of sp³-hybridized carbons (Fsp3) is 0.438. The van der Waals surface area contributed by atoms with Crippen molar-refractivity contribution in [3.8, 4) is 11.5 Å². The van der Waals surface area contributed by atoms with Gasteiger partial charge in [0, 0.05) is 17.1 Å². The van der Waals surface area contributed by atoms with E-state index in [2.05, 4.69) is 15.5 Å². The summed E-state index contributed by atoms with van der Waals surface area (Å²) in [6, 6.07) is 6.42. The summed E-state index contributed by atoms with van der Waals surface area (Å²) in [5, 5.41) is 11.0. The number of amides is 1. The third-order valence-corrected chi connectivity index (χ3v) is 4.35. The topological polar surface area (TPSA) is 80.5 Å². The van der Waals surface area contributed by atoms with Crippen molar-refractivity contribution in [2.75, 3.05) is 25.0 Å². The second-order valence-electron chi connectivity index (χ2n) is 6.02. The molecule has 2 heterocycles. The third kappa shape index (κ3) is 4.89. The Bertz CT molecular complexity index is 797. The predicted octanol–water partition coefficient (Wildman–Crippen LogP) is 2.98. The van der Waals surface area contributed by atoms with E-state index in [1.165, 1.54) is 4.90 Å². The molecule has 7 nitrogen and oxygen atoms in total. The van der Waals surface area contributed by atoms with Crippen LogP contribution in [0.3, 0.4) is 0 Å². The van der Waals surface area contributed by atoms with Gasteiger partial charge in [-0.2, -0.15) is 13.2 Å². The number of carbonyl (C=O) groups is 1.